The first-order chi connectivity index (χ1) is 6.45. The average molecular weight is 166 g/mol. The highest BCUT2D eigenvalue weighted by molar-refractivity contribution is 5.72. The summed E-state index contributed by atoms with van der Waals surface area (Å²) in [6.07, 6.45) is 12.4. The van der Waals surface area contributed by atoms with Crippen molar-refractivity contribution in [3.05, 3.63) is 66.8 Å². The molecule has 0 aromatic carbocycles. The van der Waals surface area contributed by atoms with E-state index in [0.29, 0.717) is 0 Å². The molecule has 1 nitrogen and oxygen atoms in total. The number of allylic oxidation sites excluding steroid dienone is 1. The van der Waals surface area contributed by atoms with Crippen LogP contribution in [0.2, 0.25) is 0 Å². The second-order valence-corrected chi connectivity index (χ2v) is 3.16. The molecule has 0 atom stereocenters. The van der Waals surface area contributed by atoms with Crippen molar-refractivity contribution in [1.82, 2.24) is 4.98 Å². The standard InChI is InChI=1S/C12H8N/c1-3-9-6-7-12-11(10(9)4-1)5-2-8-13-12/h1-8H. The predicted molar refractivity (Wildman–Crippen MR) is 51.8 cm³/mol. The van der Waals surface area contributed by atoms with Gasteiger partial charge in [-0.1, -0.05) is 12.1 Å². The first-order valence-corrected chi connectivity index (χ1v) is 4.34. The molecule has 1 heteroatoms. The second-order valence-electron chi connectivity index (χ2n) is 3.16. The van der Waals surface area contributed by atoms with E-state index in [4.69, 9.17) is 0 Å². The number of nitrogens with zero attached hydrogens (tertiary/aromatic N) is 1. The zero-order chi connectivity index (χ0) is 8.67. The summed E-state index contributed by atoms with van der Waals surface area (Å²) >= 11 is 0. The van der Waals surface area contributed by atoms with Crippen molar-refractivity contribution in [2.45, 2.75) is 0 Å². The van der Waals surface area contributed by atoms with Crippen LogP contribution >= 0.6 is 0 Å². The number of pyridine rings is 1. The molecule has 0 bridgehead atoms. The molecule has 3 rings (SSSR count). The minimum absolute atomic E-state index is 1.07. The molecule has 0 saturated heterocycles. The van der Waals surface area contributed by atoms with Crippen LogP contribution in [-0.4, -0.2) is 4.98 Å². The van der Waals surface area contributed by atoms with E-state index in [1.54, 1.807) is 0 Å². The Hall–Kier alpha value is -1.11. The van der Waals surface area contributed by atoms with Gasteiger partial charge in [-0.3, -0.25) is 4.98 Å². The van der Waals surface area contributed by atoms with E-state index >= 15 is 0 Å². The fraction of sp³-hybridized carbons (Fsp3) is 0. The Morgan fingerprint density at radius 2 is 2.08 bits per heavy atom. The van der Waals surface area contributed by atoms with Crippen LogP contribution in [0.3, 0.4) is 0 Å². The van der Waals surface area contributed by atoms with Gasteiger partial charge in [0.25, 0.3) is 0 Å². The fourth-order valence-corrected chi connectivity index (χ4v) is 1.77. The van der Waals surface area contributed by atoms with Crippen LogP contribution in [0.5, 0.6) is 0 Å². The van der Waals surface area contributed by atoms with Gasteiger partial charge in [-0.15, -0.1) is 0 Å². The van der Waals surface area contributed by atoms with Gasteiger partial charge in [-0.2, -0.15) is 0 Å². The number of fused-ring (bicyclic) bond motifs is 3. The predicted octanol–water partition coefficient (Wildman–Crippen LogP) is 2.23. The molecule has 2 aliphatic carbocycles. The van der Waals surface area contributed by atoms with Gasteiger partial charge in [0.1, 0.15) is 0 Å². The van der Waals surface area contributed by atoms with Gasteiger partial charge in [0.05, 0.1) is 5.69 Å². The zero-order valence-corrected chi connectivity index (χ0v) is 7.07. The molecule has 61 valence electrons. The second kappa shape index (κ2) is 2.69. The van der Waals surface area contributed by atoms with Gasteiger partial charge in [0.15, 0.2) is 0 Å². The zero-order valence-electron chi connectivity index (χ0n) is 7.07. The fourth-order valence-electron chi connectivity index (χ4n) is 1.77. The van der Waals surface area contributed by atoms with Gasteiger partial charge < -0.3 is 0 Å². The summed E-state index contributed by atoms with van der Waals surface area (Å²) in [7, 11) is 0. The van der Waals surface area contributed by atoms with E-state index in [1.807, 2.05) is 12.3 Å². The minimum atomic E-state index is 1.07. The lowest BCUT2D eigenvalue weighted by molar-refractivity contribution is 1.12. The third-order valence-electron chi connectivity index (χ3n) is 2.40. The largest absolute Gasteiger partial charge is 0.257 e. The van der Waals surface area contributed by atoms with Gasteiger partial charge in [-0.05, 0) is 37.0 Å². The van der Waals surface area contributed by atoms with Crippen molar-refractivity contribution in [3.8, 4) is 0 Å². The maximum absolute atomic E-state index is 4.31. The normalized spacial score (nSPS) is 21.5. The Morgan fingerprint density at radius 3 is 3.08 bits per heavy atom. The molecule has 13 heavy (non-hydrogen) atoms. The maximum atomic E-state index is 4.31. The van der Waals surface area contributed by atoms with Crippen molar-refractivity contribution in [3.63, 3.8) is 0 Å². The molecule has 2 aliphatic rings. The molecule has 1 heterocycles. The van der Waals surface area contributed by atoms with Crippen LogP contribution in [0.25, 0.3) is 6.08 Å². The highest BCUT2D eigenvalue weighted by Gasteiger charge is 2.32. The summed E-state index contributed by atoms with van der Waals surface area (Å²) < 4.78 is 0. The van der Waals surface area contributed by atoms with Crippen molar-refractivity contribution in [1.29, 1.82) is 0 Å². The minimum Gasteiger partial charge on any atom is -0.257 e. The molecule has 0 amide bonds. The topological polar surface area (TPSA) is 12.9 Å². The summed E-state index contributed by atoms with van der Waals surface area (Å²) in [6, 6.07) is 4.10. The highest BCUT2D eigenvalue weighted by Crippen LogP contribution is 2.43. The monoisotopic (exact) mass is 166 g/mol. The number of rotatable bonds is 0. The van der Waals surface area contributed by atoms with E-state index in [2.05, 4.69) is 42.5 Å². The summed E-state index contributed by atoms with van der Waals surface area (Å²) in [5.74, 6) is 2.59. The molecule has 5 radical (unpaired) electrons. The summed E-state index contributed by atoms with van der Waals surface area (Å²) in [6.45, 7) is 0. The van der Waals surface area contributed by atoms with Crippen LogP contribution in [0.15, 0.2) is 24.4 Å². The molecule has 1 aromatic rings. The molecule has 1 saturated carbocycles. The Balaban J connectivity index is 2.13. The van der Waals surface area contributed by atoms with Gasteiger partial charge >= 0.3 is 0 Å². The Bertz CT molecular complexity index is 354. The van der Waals surface area contributed by atoms with Gasteiger partial charge in [-0.25, -0.2) is 0 Å². The highest BCUT2D eigenvalue weighted by atomic mass is 14.7. The molecule has 0 spiro atoms. The Labute approximate surface area is 78.5 Å². The van der Waals surface area contributed by atoms with Crippen LogP contribution < -0.4 is 0 Å². The van der Waals surface area contributed by atoms with Crippen molar-refractivity contribution in [2.75, 3.05) is 0 Å². The van der Waals surface area contributed by atoms with E-state index in [0.717, 1.165) is 5.69 Å². The first-order valence-electron chi connectivity index (χ1n) is 4.34. The van der Waals surface area contributed by atoms with Gasteiger partial charge in [0.2, 0.25) is 0 Å². The molecule has 0 aliphatic heterocycles. The van der Waals surface area contributed by atoms with Crippen LogP contribution in [0, 0.1) is 31.1 Å². The molecular weight excluding hydrogens is 158 g/mol. The molecular formula is C12H8N. The third-order valence-corrected chi connectivity index (χ3v) is 2.40. The van der Waals surface area contributed by atoms with Crippen molar-refractivity contribution >= 4 is 6.08 Å². The number of hydrogen-bond donors (Lipinski definition) is 0. The third kappa shape index (κ3) is 1.03. The number of hydrogen-bond acceptors (Lipinski definition) is 1. The quantitative estimate of drug-likeness (QED) is 0.576. The van der Waals surface area contributed by atoms with Gasteiger partial charge in [0, 0.05) is 18.0 Å². The summed E-state index contributed by atoms with van der Waals surface area (Å²) in [4.78, 5) is 4.31. The maximum Gasteiger partial charge on any atom is 0.0665 e. The summed E-state index contributed by atoms with van der Waals surface area (Å²) in [5, 5.41) is 0. The van der Waals surface area contributed by atoms with E-state index in [1.165, 1.54) is 17.4 Å². The average Bonchev–Trinajstić information content (AvgIpc) is 2.65. The van der Waals surface area contributed by atoms with E-state index < -0.39 is 0 Å². The van der Waals surface area contributed by atoms with Crippen LogP contribution in [0.4, 0.5) is 0 Å². The van der Waals surface area contributed by atoms with Crippen LogP contribution in [-0.2, 0) is 0 Å². The number of aromatic nitrogens is 1. The first kappa shape index (κ1) is 7.31. The van der Waals surface area contributed by atoms with E-state index in [-0.39, 0.29) is 0 Å². The van der Waals surface area contributed by atoms with Crippen molar-refractivity contribution in [2.24, 2.45) is 0 Å². The Kier molecular flexibility index (Phi) is 1.51. The summed E-state index contributed by atoms with van der Waals surface area (Å²) in [5.41, 5.74) is 2.31. The molecule has 0 unspecified atom stereocenters. The SMILES string of the molecule is [CH]1[CH][C]2C=Cc3ncccc3[C]2[CH]1. The van der Waals surface area contributed by atoms with Crippen molar-refractivity contribution < 1.29 is 0 Å². The van der Waals surface area contributed by atoms with Crippen LogP contribution in [0.1, 0.15) is 11.3 Å². The lowest BCUT2D eigenvalue weighted by Gasteiger charge is -2.20. The molecule has 1 fully saturated rings. The smallest absolute Gasteiger partial charge is 0.0665 e. The van der Waals surface area contributed by atoms with E-state index in [9.17, 15) is 0 Å². The molecule has 1 aromatic heterocycles. The Morgan fingerprint density at radius 1 is 1.08 bits per heavy atom. The molecule has 0 N–H and O–H groups in total. The lowest BCUT2D eigenvalue weighted by Crippen LogP contribution is -2.09. The lowest BCUT2D eigenvalue weighted by atomic mass is 9.84.